The van der Waals surface area contributed by atoms with Crippen molar-refractivity contribution in [1.82, 2.24) is 4.98 Å². The second-order valence-electron chi connectivity index (χ2n) is 4.03. The molecule has 1 atom stereocenters. The molecule has 0 aliphatic rings. The molecule has 1 N–H and O–H groups in total. The third kappa shape index (κ3) is 3.29. The maximum atomic E-state index is 13.3. The summed E-state index contributed by atoms with van der Waals surface area (Å²) in [6.45, 7) is 1.78. The summed E-state index contributed by atoms with van der Waals surface area (Å²) in [4.78, 5) is 15.9. The third-order valence-electron chi connectivity index (χ3n) is 2.54. The number of benzene rings is 1. The third-order valence-corrected chi connectivity index (χ3v) is 3.14. The van der Waals surface area contributed by atoms with Crippen LogP contribution in [0.25, 0.3) is 0 Å². The second kappa shape index (κ2) is 5.79. The average molecular weight is 280 g/mol. The normalized spacial score (nSPS) is 11.9. The minimum Gasteiger partial charge on any atom is -0.467 e. The van der Waals surface area contributed by atoms with Crippen molar-refractivity contribution in [2.75, 3.05) is 12.4 Å². The van der Waals surface area contributed by atoms with Gasteiger partial charge >= 0.3 is 5.97 Å². The van der Waals surface area contributed by atoms with Crippen molar-refractivity contribution >= 4 is 23.0 Å². The van der Waals surface area contributed by atoms with Crippen molar-refractivity contribution in [1.29, 1.82) is 0 Å². The number of hydrogen-bond donors (Lipinski definition) is 1. The smallest absolute Gasteiger partial charge is 0.334 e. The summed E-state index contributed by atoms with van der Waals surface area (Å²) < 4.78 is 18.1. The minimum absolute atomic E-state index is 0.357. The van der Waals surface area contributed by atoms with Gasteiger partial charge in [-0.2, -0.15) is 0 Å². The quantitative estimate of drug-likeness (QED) is 0.875. The van der Waals surface area contributed by atoms with E-state index in [1.807, 2.05) is 0 Å². The Hall–Kier alpha value is -1.95. The van der Waals surface area contributed by atoms with Crippen LogP contribution in [0.5, 0.6) is 0 Å². The summed E-state index contributed by atoms with van der Waals surface area (Å²) in [6.07, 6.45) is 0. The lowest BCUT2D eigenvalue weighted by atomic mass is 10.1. The summed E-state index contributed by atoms with van der Waals surface area (Å²) in [5, 5.41) is 4.69. The molecule has 0 fully saturated rings. The maximum absolute atomic E-state index is 13.3. The number of halogens is 1. The van der Waals surface area contributed by atoms with Gasteiger partial charge in [0, 0.05) is 11.1 Å². The van der Waals surface area contributed by atoms with Crippen LogP contribution in [0.4, 0.5) is 10.1 Å². The Morgan fingerprint density at radius 1 is 1.47 bits per heavy atom. The number of rotatable bonds is 4. The molecule has 2 aromatic rings. The highest BCUT2D eigenvalue weighted by Crippen LogP contribution is 2.22. The fraction of sp³-hybridized carbons (Fsp3) is 0.231. The zero-order valence-electron chi connectivity index (χ0n) is 10.5. The molecule has 4 nitrogen and oxygen atoms in total. The molecule has 1 aromatic heterocycles. The van der Waals surface area contributed by atoms with E-state index in [0.29, 0.717) is 11.4 Å². The van der Waals surface area contributed by atoms with E-state index in [1.165, 1.54) is 30.6 Å². The van der Waals surface area contributed by atoms with Gasteiger partial charge in [0.15, 0.2) is 6.04 Å². The van der Waals surface area contributed by atoms with Gasteiger partial charge in [-0.1, -0.05) is 0 Å². The Kier molecular flexibility index (Phi) is 4.11. The highest BCUT2D eigenvalue weighted by molar-refractivity contribution is 7.07. The number of nitrogens with zero attached hydrogens (tertiary/aromatic N) is 1. The van der Waals surface area contributed by atoms with Crippen LogP contribution in [-0.4, -0.2) is 18.1 Å². The minimum atomic E-state index is -0.738. The van der Waals surface area contributed by atoms with Crippen molar-refractivity contribution in [2.24, 2.45) is 0 Å². The van der Waals surface area contributed by atoms with Crippen LogP contribution >= 0.6 is 11.3 Å². The molecule has 0 spiro atoms. The predicted octanol–water partition coefficient (Wildman–Crippen LogP) is 2.92. The first kappa shape index (κ1) is 13.5. The summed E-state index contributed by atoms with van der Waals surface area (Å²) in [6, 6.07) is 3.76. The molecule has 0 saturated carbocycles. The standard InChI is InChI=1S/C13H13FN2O2S/c1-8-3-9(14)5-10(4-8)16-12(13(17)18-2)11-6-19-7-15-11/h3-7,12,16H,1-2H3. The van der Waals surface area contributed by atoms with Gasteiger partial charge in [-0.3, -0.25) is 0 Å². The molecule has 0 bridgehead atoms. The van der Waals surface area contributed by atoms with Gasteiger partial charge in [-0.15, -0.1) is 11.3 Å². The second-order valence-corrected chi connectivity index (χ2v) is 4.75. The maximum Gasteiger partial charge on any atom is 0.334 e. The molecule has 0 saturated heterocycles. The number of carbonyl (C=O) groups is 1. The molecule has 2 rings (SSSR count). The molecule has 1 heterocycles. The van der Waals surface area contributed by atoms with Gasteiger partial charge < -0.3 is 10.1 Å². The van der Waals surface area contributed by atoms with Gasteiger partial charge in [0.2, 0.25) is 0 Å². The molecule has 0 amide bonds. The van der Waals surface area contributed by atoms with Crippen molar-refractivity contribution in [3.8, 4) is 0 Å². The summed E-state index contributed by atoms with van der Waals surface area (Å²) in [7, 11) is 1.31. The Balaban J connectivity index is 2.28. The molecule has 0 aliphatic heterocycles. The lowest BCUT2D eigenvalue weighted by molar-refractivity contribution is -0.141. The van der Waals surface area contributed by atoms with E-state index in [0.717, 1.165) is 5.56 Å². The number of ether oxygens (including phenoxy) is 1. The fourth-order valence-electron chi connectivity index (χ4n) is 1.72. The molecule has 6 heteroatoms. The lowest BCUT2D eigenvalue weighted by Crippen LogP contribution is -2.22. The molecule has 1 unspecified atom stereocenters. The summed E-state index contributed by atoms with van der Waals surface area (Å²) >= 11 is 1.38. The largest absolute Gasteiger partial charge is 0.467 e. The van der Waals surface area contributed by atoms with Gasteiger partial charge in [0.25, 0.3) is 0 Å². The summed E-state index contributed by atoms with van der Waals surface area (Å²) in [5.41, 5.74) is 3.47. The first-order valence-electron chi connectivity index (χ1n) is 5.60. The first-order valence-corrected chi connectivity index (χ1v) is 6.54. The number of esters is 1. The Bertz CT molecular complexity index is 552. The highest BCUT2D eigenvalue weighted by atomic mass is 32.1. The fourth-order valence-corrected chi connectivity index (χ4v) is 2.30. The van der Waals surface area contributed by atoms with Gasteiger partial charge in [-0.05, 0) is 30.7 Å². The number of anilines is 1. The zero-order valence-corrected chi connectivity index (χ0v) is 11.3. The Labute approximate surface area is 114 Å². The van der Waals surface area contributed by atoms with Crippen LogP contribution in [-0.2, 0) is 9.53 Å². The number of thiazole rings is 1. The van der Waals surface area contributed by atoms with E-state index < -0.39 is 12.0 Å². The molecular formula is C13H13FN2O2S. The van der Waals surface area contributed by atoms with Crippen LogP contribution in [0.15, 0.2) is 29.1 Å². The summed E-state index contributed by atoms with van der Waals surface area (Å²) in [5.74, 6) is -0.822. The monoisotopic (exact) mass is 280 g/mol. The van der Waals surface area contributed by atoms with E-state index in [-0.39, 0.29) is 5.82 Å². The van der Waals surface area contributed by atoms with Gasteiger partial charge in [0.05, 0.1) is 18.3 Å². The van der Waals surface area contributed by atoms with E-state index in [1.54, 1.807) is 23.9 Å². The number of carbonyl (C=O) groups excluding carboxylic acids is 1. The average Bonchev–Trinajstić information content (AvgIpc) is 2.87. The first-order chi connectivity index (χ1) is 9.10. The SMILES string of the molecule is COC(=O)C(Nc1cc(C)cc(F)c1)c1cscn1. The van der Waals surface area contributed by atoms with Crippen molar-refractivity contribution in [3.63, 3.8) is 0 Å². The molecule has 0 aliphatic carbocycles. The number of hydrogen-bond acceptors (Lipinski definition) is 5. The highest BCUT2D eigenvalue weighted by Gasteiger charge is 2.23. The van der Waals surface area contributed by atoms with Crippen LogP contribution in [0.1, 0.15) is 17.3 Å². The zero-order chi connectivity index (χ0) is 13.8. The molecule has 0 radical (unpaired) electrons. The Morgan fingerprint density at radius 3 is 2.84 bits per heavy atom. The van der Waals surface area contributed by atoms with Crippen LogP contribution in [0, 0.1) is 12.7 Å². The number of aromatic nitrogens is 1. The topological polar surface area (TPSA) is 51.2 Å². The number of aryl methyl sites for hydroxylation is 1. The van der Waals surface area contributed by atoms with Crippen LogP contribution in [0.3, 0.4) is 0 Å². The molecule has 19 heavy (non-hydrogen) atoms. The van der Waals surface area contributed by atoms with Crippen LogP contribution in [0.2, 0.25) is 0 Å². The van der Waals surface area contributed by atoms with Crippen LogP contribution < -0.4 is 5.32 Å². The van der Waals surface area contributed by atoms with Gasteiger partial charge in [0.1, 0.15) is 5.82 Å². The van der Waals surface area contributed by atoms with E-state index >= 15 is 0 Å². The van der Waals surface area contributed by atoms with E-state index in [9.17, 15) is 9.18 Å². The lowest BCUT2D eigenvalue weighted by Gasteiger charge is -2.16. The van der Waals surface area contributed by atoms with E-state index in [2.05, 4.69) is 10.3 Å². The van der Waals surface area contributed by atoms with Crippen molar-refractivity contribution in [3.05, 3.63) is 46.2 Å². The number of nitrogens with one attached hydrogen (secondary N) is 1. The van der Waals surface area contributed by atoms with Gasteiger partial charge in [-0.25, -0.2) is 14.2 Å². The van der Waals surface area contributed by atoms with Crippen molar-refractivity contribution < 1.29 is 13.9 Å². The number of methoxy groups -OCH3 is 1. The molecule has 100 valence electrons. The van der Waals surface area contributed by atoms with E-state index in [4.69, 9.17) is 4.74 Å². The molecular weight excluding hydrogens is 267 g/mol. The molecule has 1 aromatic carbocycles. The van der Waals surface area contributed by atoms with Crippen molar-refractivity contribution in [2.45, 2.75) is 13.0 Å². The predicted molar refractivity (Wildman–Crippen MR) is 71.6 cm³/mol. The Morgan fingerprint density at radius 2 is 2.26 bits per heavy atom.